The number of para-hydroxylation sites is 1. The van der Waals surface area contributed by atoms with E-state index in [1.807, 2.05) is 24.4 Å². The lowest BCUT2D eigenvalue weighted by Crippen LogP contribution is -2.30. The van der Waals surface area contributed by atoms with E-state index < -0.39 is 17.3 Å². The fourth-order valence-corrected chi connectivity index (χ4v) is 4.33. The van der Waals surface area contributed by atoms with Gasteiger partial charge in [0, 0.05) is 0 Å². The second kappa shape index (κ2) is 7.01. The molecule has 6 nitrogen and oxygen atoms in total. The van der Waals surface area contributed by atoms with Gasteiger partial charge in [0.2, 0.25) is 5.91 Å². The average molecular weight is 400 g/mol. The lowest BCUT2D eigenvalue weighted by molar-refractivity contribution is -0.117. The van der Waals surface area contributed by atoms with Crippen LogP contribution in [0.15, 0.2) is 46.6 Å². The van der Waals surface area contributed by atoms with Gasteiger partial charge in [0.25, 0.3) is 5.56 Å². The number of benzene rings is 1. The molecular formula is C18H13FN4O2S2. The number of hydrogen-bond donors (Lipinski definition) is 1. The fourth-order valence-electron chi connectivity index (χ4n) is 2.64. The second-order valence-corrected chi connectivity index (χ2v) is 7.88. The topological polar surface area (TPSA) is 76.9 Å². The van der Waals surface area contributed by atoms with Gasteiger partial charge in [0.1, 0.15) is 18.1 Å². The summed E-state index contributed by atoms with van der Waals surface area (Å²) >= 11 is 2.88. The molecule has 27 heavy (non-hydrogen) atoms. The summed E-state index contributed by atoms with van der Waals surface area (Å²) in [6.07, 6.45) is 0. The summed E-state index contributed by atoms with van der Waals surface area (Å²) in [5.74, 6) is -1.09. The van der Waals surface area contributed by atoms with Crippen molar-refractivity contribution in [2.24, 2.45) is 0 Å². The number of halogens is 1. The molecule has 3 heterocycles. The third kappa shape index (κ3) is 3.38. The van der Waals surface area contributed by atoms with Crippen LogP contribution >= 0.6 is 22.7 Å². The summed E-state index contributed by atoms with van der Waals surface area (Å²) in [7, 11) is 0. The van der Waals surface area contributed by atoms with E-state index in [1.165, 1.54) is 40.9 Å². The number of rotatable bonds is 4. The van der Waals surface area contributed by atoms with Gasteiger partial charge >= 0.3 is 0 Å². The Bertz CT molecular complexity index is 1200. The van der Waals surface area contributed by atoms with Crippen LogP contribution in [-0.4, -0.2) is 20.7 Å². The Kier molecular flexibility index (Phi) is 4.54. The number of nitrogens with one attached hydrogen (secondary N) is 1. The molecule has 1 N–H and O–H groups in total. The highest BCUT2D eigenvalue weighted by Gasteiger charge is 2.18. The van der Waals surface area contributed by atoms with Gasteiger partial charge in [-0.05, 0) is 30.5 Å². The quantitative estimate of drug-likeness (QED) is 0.567. The van der Waals surface area contributed by atoms with Gasteiger partial charge in [-0.25, -0.2) is 14.1 Å². The first-order chi connectivity index (χ1) is 13.0. The molecule has 4 aromatic rings. The van der Waals surface area contributed by atoms with Gasteiger partial charge in [-0.2, -0.15) is 5.10 Å². The van der Waals surface area contributed by atoms with Crippen molar-refractivity contribution in [1.82, 2.24) is 14.8 Å². The van der Waals surface area contributed by atoms with Crippen molar-refractivity contribution in [3.8, 4) is 10.6 Å². The van der Waals surface area contributed by atoms with E-state index in [9.17, 15) is 14.0 Å². The number of hydrogen-bond acceptors (Lipinski definition) is 6. The van der Waals surface area contributed by atoms with Crippen molar-refractivity contribution in [1.29, 1.82) is 0 Å². The van der Waals surface area contributed by atoms with E-state index in [1.54, 1.807) is 6.07 Å². The minimum Gasteiger partial charge on any atom is -0.322 e. The highest BCUT2D eigenvalue weighted by atomic mass is 32.1. The van der Waals surface area contributed by atoms with Gasteiger partial charge in [-0.15, -0.1) is 22.7 Å². The normalized spacial score (nSPS) is 11.0. The molecule has 0 aliphatic heterocycles. The molecule has 0 aliphatic carbocycles. The van der Waals surface area contributed by atoms with E-state index in [-0.39, 0.29) is 17.7 Å². The van der Waals surface area contributed by atoms with Crippen LogP contribution in [0.3, 0.4) is 0 Å². The largest absolute Gasteiger partial charge is 0.322 e. The van der Waals surface area contributed by atoms with Crippen LogP contribution in [0.5, 0.6) is 0 Å². The Morgan fingerprint density at radius 2 is 2.07 bits per heavy atom. The average Bonchev–Trinajstić information content (AvgIpc) is 3.29. The smallest absolute Gasteiger partial charge is 0.294 e. The number of aromatic nitrogens is 3. The standard InChI is InChI=1S/C18H13FN4O2S2/c1-10-20-16-17(27-10)15(13-7-4-8-26-13)22-23(18(16)25)9-14(24)21-12-6-3-2-5-11(12)19/h2-8H,9H2,1H3,(H,21,24). The van der Waals surface area contributed by atoms with Crippen LogP contribution in [0.4, 0.5) is 10.1 Å². The second-order valence-electron chi connectivity index (χ2n) is 5.73. The predicted molar refractivity (Wildman–Crippen MR) is 105 cm³/mol. The lowest BCUT2D eigenvalue weighted by atomic mass is 10.3. The van der Waals surface area contributed by atoms with Gasteiger partial charge in [0.15, 0.2) is 5.52 Å². The number of amides is 1. The first kappa shape index (κ1) is 17.5. The Hall–Kier alpha value is -2.91. The summed E-state index contributed by atoms with van der Waals surface area (Å²) in [5, 5.41) is 9.51. The summed E-state index contributed by atoms with van der Waals surface area (Å²) < 4.78 is 15.5. The zero-order valence-electron chi connectivity index (χ0n) is 14.1. The molecule has 0 atom stereocenters. The van der Waals surface area contributed by atoms with Crippen molar-refractivity contribution in [3.05, 3.63) is 63.0 Å². The van der Waals surface area contributed by atoms with Gasteiger partial charge in [0.05, 0.1) is 20.3 Å². The number of carbonyl (C=O) groups is 1. The Labute approximate surface area is 160 Å². The van der Waals surface area contributed by atoms with Crippen molar-refractivity contribution >= 4 is 44.5 Å². The third-order valence-electron chi connectivity index (χ3n) is 3.80. The minimum atomic E-state index is -0.545. The molecule has 1 aromatic carbocycles. The van der Waals surface area contributed by atoms with E-state index >= 15 is 0 Å². The number of thiazole rings is 1. The molecule has 3 aromatic heterocycles. The van der Waals surface area contributed by atoms with E-state index in [0.29, 0.717) is 10.4 Å². The Morgan fingerprint density at radius 3 is 2.81 bits per heavy atom. The molecule has 0 radical (unpaired) electrons. The molecule has 0 spiro atoms. The number of thiophene rings is 1. The maximum atomic E-state index is 13.7. The van der Waals surface area contributed by atoms with Crippen LogP contribution in [-0.2, 0) is 11.3 Å². The molecule has 9 heteroatoms. The number of nitrogens with zero attached hydrogens (tertiary/aromatic N) is 3. The highest BCUT2D eigenvalue weighted by Crippen LogP contribution is 2.31. The summed E-state index contributed by atoms with van der Waals surface area (Å²) in [4.78, 5) is 30.2. The van der Waals surface area contributed by atoms with Gasteiger partial charge in [-0.3, -0.25) is 9.59 Å². The molecule has 4 rings (SSSR count). The number of fused-ring (bicyclic) bond motifs is 1. The molecule has 0 bridgehead atoms. The van der Waals surface area contributed by atoms with E-state index in [2.05, 4.69) is 15.4 Å². The number of anilines is 1. The molecule has 0 saturated carbocycles. The molecule has 0 fully saturated rings. The molecule has 136 valence electrons. The van der Waals surface area contributed by atoms with Crippen molar-refractivity contribution in [2.45, 2.75) is 13.5 Å². The van der Waals surface area contributed by atoms with Gasteiger partial charge in [-0.1, -0.05) is 18.2 Å². The SMILES string of the molecule is Cc1nc2c(=O)n(CC(=O)Nc3ccccc3F)nc(-c3cccs3)c2s1. The highest BCUT2D eigenvalue weighted by molar-refractivity contribution is 7.20. The zero-order valence-corrected chi connectivity index (χ0v) is 15.7. The summed E-state index contributed by atoms with van der Waals surface area (Å²) in [6, 6.07) is 9.63. The zero-order chi connectivity index (χ0) is 19.0. The van der Waals surface area contributed by atoms with E-state index in [4.69, 9.17) is 0 Å². The van der Waals surface area contributed by atoms with Crippen LogP contribution in [0.2, 0.25) is 0 Å². The first-order valence-corrected chi connectivity index (χ1v) is 9.69. The molecule has 0 unspecified atom stereocenters. The maximum absolute atomic E-state index is 13.7. The Morgan fingerprint density at radius 1 is 1.26 bits per heavy atom. The summed E-state index contributed by atoms with van der Waals surface area (Å²) in [6.45, 7) is 1.48. The van der Waals surface area contributed by atoms with Gasteiger partial charge < -0.3 is 5.32 Å². The minimum absolute atomic E-state index is 0.0552. The lowest BCUT2D eigenvalue weighted by Gasteiger charge is -2.09. The number of aryl methyl sites for hydroxylation is 1. The van der Waals surface area contributed by atoms with E-state index in [0.717, 1.165) is 14.6 Å². The van der Waals surface area contributed by atoms with Crippen LogP contribution in [0.25, 0.3) is 20.8 Å². The van der Waals surface area contributed by atoms with Crippen LogP contribution in [0, 0.1) is 12.7 Å². The third-order valence-corrected chi connectivity index (χ3v) is 5.66. The predicted octanol–water partition coefficient (Wildman–Crippen LogP) is 3.67. The molecular weight excluding hydrogens is 387 g/mol. The molecule has 0 aliphatic rings. The first-order valence-electron chi connectivity index (χ1n) is 7.99. The Balaban J connectivity index is 1.73. The summed E-state index contributed by atoms with van der Waals surface area (Å²) in [5.41, 5.74) is 0.511. The van der Waals surface area contributed by atoms with Crippen LogP contribution < -0.4 is 10.9 Å². The molecule has 1 amide bonds. The number of carbonyl (C=O) groups excluding carboxylic acids is 1. The molecule has 0 saturated heterocycles. The van der Waals surface area contributed by atoms with Crippen molar-refractivity contribution in [3.63, 3.8) is 0 Å². The van der Waals surface area contributed by atoms with Crippen molar-refractivity contribution in [2.75, 3.05) is 5.32 Å². The van der Waals surface area contributed by atoms with Crippen molar-refractivity contribution < 1.29 is 9.18 Å². The fraction of sp³-hybridized carbons (Fsp3) is 0.111. The van der Waals surface area contributed by atoms with Crippen LogP contribution in [0.1, 0.15) is 5.01 Å². The monoisotopic (exact) mass is 400 g/mol. The maximum Gasteiger partial charge on any atom is 0.294 e.